The van der Waals surface area contributed by atoms with Gasteiger partial charge in [-0.3, -0.25) is 4.79 Å². The number of hydrogen-bond acceptors (Lipinski definition) is 3. The predicted molar refractivity (Wildman–Crippen MR) is 86.9 cm³/mol. The van der Waals surface area contributed by atoms with E-state index in [9.17, 15) is 13.2 Å². The number of carbonyl (C=O) groups is 1. The van der Waals surface area contributed by atoms with Crippen LogP contribution in [-0.2, 0) is 13.8 Å². The van der Waals surface area contributed by atoms with Crippen LogP contribution < -0.4 is 5.32 Å². The smallest absolute Gasteiger partial charge is 0.261 e. The number of halogens is 2. The average molecular weight is 395 g/mol. The van der Waals surface area contributed by atoms with Crippen molar-refractivity contribution < 1.29 is 13.2 Å². The van der Waals surface area contributed by atoms with Crippen molar-refractivity contribution in [3.8, 4) is 0 Å². The summed E-state index contributed by atoms with van der Waals surface area (Å²) in [4.78, 5) is 12.4. The summed E-state index contributed by atoms with van der Waals surface area (Å²) in [5, 5.41) is 2.86. The van der Waals surface area contributed by atoms with E-state index in [0.717, 1.165) is 19.3 Å². The van der Waals surface area contributed by atoms with E-state index in [0.29, 0.717) is 10.2 Å². The van der Waals surface area contributed by atoms with Crippen molar-refractivity contribution in [1.29, 1.82) is 0 Å². The highest BCUT2D eigenvalue weighted by Crippen LogP contribution is 2.43. The number of carbonyl (C=O) groups excluding carboxylic acids is 1. The van der Waals surface area contributed by atoms with Gasteiger partial charge in [-0.25, -0.2) is 8.42 Å². The minimum absolute atomic E-state index is 0.00399. The molecule has 116 valence electrons. The van der Waals surface area contributed by atoms with Crippen LogP contribution in [0.15, 0.2) is 27.6 Å². The first-order chi connectivity index (χ1) is 9.61. The zero-order valence-corrected chi connectivity index (χ0v) is 15.0. The molecule has 0 spiro atoms. The fourth-order valence-electron chi connectivity index (χ4n) is 2.78. The molecule has 1 fully saturated rings. The first kappa shape index (κ1) is 16.8. The Bertz CT molecular complexity index is 673. The lowest BCUT2D eigenvalue weighted by atomic mass is 9.81. The van der Waals surface area contributed by atoms with Crippen molar-refractivity contribution in [2.45, 2.75) is 38.0 Å². The number of amides is 1. The molecule has 1 unspecified atom stereocenters. The standard InChI is InChI=1S/C14H17BrClNO3S/c1-14(2)7-3-4-10(14)13(18)17-12-6-5-9(8-11(12)15)21(16,19)20/h5-6,8,10H,3-4,7H2,1-2H3,(H,17,18). The lowest BCUT2D eigenvalue weighted by Crippen LogP contribution is -2.30. The summed E-state index contributed by atoms with van der Waals surface area (Å²) >= 11 is 3.27. The quantitative estimate of drug-likeness (QED) is 0.784. The molecule has 1 aliphatic carbocycles. The highest BCUT2D eigenvalue weighted by molar-refractivity contribution is 9.10. The van der Waals surface area contributed by atoms with Gasteiger partial charge in [0.15, 0.2) is 0 Å². The van der Waals surface area contributed by atoms with E-state index in [-0.39, 0.29) is 22.1 Å². The summed E-state index contributed by atoms with van der Waals surface area (Å²) in [5.41, 5.74) is 0.544. The van der Waals surface area contributed by atoms with Crippen LogP contribution in [0.3, 0.4) is 0 Å². The molecule has 0 aromatic heterocycles. The molecule has 0 bridgehead atoms. The van der Waals surface area contributed by atoms with Gasteiger partial charge in [-0.15, -0.1) is 0 Å². The maximum atomic E-state index is 12.4. The largest absolute Gasteiger partial charge is 0.325 e. The third-order valence-corrected chi connectivity index (χ3v) is 6.06. The molecule has 1 aromatic carbocycles. The number of anilines is 1. The van der Waals surface area contributed by atoms with Crippen LogP contribution in [0, 0.1) is 11.3 Å². The van der Waals surface area contributed by atoms with Crippen molar-refractivity contribution in [2.24, 2.45) is 11.3 Å². The van der Waals surface area contributed by atoms with E-state index < -0.39 is 9.05 Å². The average Bonchev–Trinajstić information content (AvgIpc) is 2.70. The number of hydrogen-bond donors (Lipinski definition) is 1. The second-order valence-electron chi connectivity index (χ2n) is 6.00. The van der Waals surface area contributed by atoms with Crippen LogP contribution in [0.4, 0.5) is 5.69 Å². The van der Waals surface area contributed by atoms with Crippen LogP contribution in [0.25, 0.3) is 0 Å². The molecule has 1 N–H and O–H groups in total. The molecule has 0 saturated heterocycles. The SMILES string of the molecule is CC1(C)CCCC1C(=O)Nc1ccc(S(=O)(=O)Cl)cc1Br. The third kappa shape index (κ3) is 3.79. The number of nitrogens with one attached hydrogen (secondary N) is 1. The molecule has 2 rings (SSSR count). The zero-order valence-electron chi connectivity index (χ0n) is 11.8. The van der Waals surface area contributed by atoms with Crippen molar-refractivity contribution >= 4 is 47.3 Å². The molecule has 4 nitrogen and oxygen atoms in total. The summed E-state index contributed by atoms with van der Waals surface area (Å²) in [6, 6.07) is 4.30. The van der Waals surface area contributed by atoms with Crippen molar-refractivity contribution in [1.82, 2.24) is 0 Å². The van der Waals surface area contributed by atoms with E-state index in [4.69, 9.17) is 10.7 Å². The van der Waals surface area contributed by atoms with E-state index in [1.807, 2.05) is 0 Å². The molecule has 0 aliphatic heterocycles. The van der Waals surface area contributed by atoms with Crippen LogP contribution in [0.5, 0.6) is 0 Å². The summed E-state index contributed by atoms with van der Waals surface area (Å²) in [7, 11) is 1.52. The molecular formula is C14H17BrClNO3S. The van der Waals surface area contributed by atoms with E-state index >= 15 is 0 Å². The van der Waals surface area contributed by atoms with Crippen molar-refractivity contribution in [2.75, 3.05) is 5.32 Å². The highest BCUT2D eigenvalue weighted by Gasteiger charge is 2.39. The lowest BCUT2D eigenvalue weighted by molar-refractivity contribution is -0.122. The maximum absolute atomic E-state index is 12.4. The molecule has 1 atom stereocenters. The number of rotatable bonds is 3. The highest BCUT2D eigenvalue weighted by atomic mass is 79.9. The molecule has 0 radical (unpaired) electrons. The molecule has 1 aliphatic rings. The lowest BCUT2D eigenvalue weighted by Gasteiger charge is -2.26. The summed E-state index contributed by atoms with van der Waals surface area (Å²) in [6.45, 7) is 4.20. The predicted octanol–water partition coefficient (Wildman–Crippen LogP) is 4.14. The first-order valence-corrected chi connectivity index (χ1v) is 9.76. The van der Waals surface area contributed by atoms with Gasteiger partial charge < -0.3 is 5.32 Å². The second kappa shape index (κ2) is 5.89. The van der Waals surface area contributed by atoms with Crippen LogP contribution in [-0.4, -0.2) is 14.3 Å². The van der Waals surface area contributed by atoms with Crippen LogP contribution in [0.1, 0.15) is 33.1 Å². The van der Waals surface area contributed by atoms with Gasteiger partial charge in [-0.05, 0) is 52.4 Å². The van der Waals surface area contributed by atoms with Crippen LogP contribution in [0.2, 0.25) is 0 Å². The minimum Gasteiger partial charge on any atom is -0.325 e. The monoisotopic (exact) mass is 393 g/mol. The number of benzene rings is 1. The normalized spacial score (nSPS) is 21.2. The van der Waals surface area contributed by atoms with Gasteiger partial charge in [0, 0.05) is 21.1 Å². The van der Waals surface area contributed by atoms with Crippen molar-refractivity contribution in [3.05, 3.63) is 22.7 Å². The molecule has 7 heteroatoms. The van der Waals surface area contributed by atoms with Gasteiger partial charge in [0.1, 0.15) is 0 Å². The van der Waals surface area contributed by atoms with Crippen molar-refractivity contribution in [3.63, 3.8) is 0 Å². The Hall–Kier alpha value is -0.590. The van der Waals surface area contributed by atoms with E-state index in [2.05, 4.69) is 35.1 Å². The summed E-state index contributed by atoms with van der Waals surface area (Å²) in [6.07, 6.45) is 2.97. The Labute approximate surface area is 137 Å². The van der Waals surface area contributed by atoms with E-state index in [1.165, 1.54) is 12.1 Å². The van der Waals surface area contributed by atoms with Gasteiger partial charge in [0.25, 0.3) is 9.05 Å². The van der Waals surface area contributed by atoms with Gasteiger partial charge in [0.2, 0.25) is 5.91 Å². The molecule has 1 saturated carbocycles. The Balaban J connectivity index is 2.19. The second-order valence-corrected chi connectivity index (χ2v) is 9.42. The zero-order chi connectivity index (χ0) is 15.8. The fraction of sp³-hybridized carbons (Fsp3) is 0.500. The first-order valence-electron chi connectivity index (χ1n) is 6.66. The third-order valence-electron chi connectivity index (χ3n) is 4.05. The summed E-state index contributed by atoms with van der Waals surface area (Å²) in [5.74, 6) is -0.0551. The Morgan fingerprint density at radius 2 is 2.10 bits per heavy atom. The van der Waals surface area contributed by atoms with Gasteiger partial charge in [-0.1, -0.05) is 20.3 Å². The Morgan fingerprint density at radius 3 is 2.57 bits per heavy atom. The van der Waals surface area contributed by atoms with Crippen LogP contribution >= 0.6 is 26.6 Å². The molecule has 0 heterocycles. The molecular weight excluding hydrogens is 378 g/mol. The van der Waals surface area contributed by atoms with E-state index in [1.54, 1.807) is 6.07 Å². The molecule has 1 amide bonds. The summed E-state index contributed by atoms with van der Waals surface area (Å²) < 4.78 is 23.0. The molecule has 1 aromatic rings. The topological polar surface area (TPSA) is 63.2 Å². The Morgan fingerprint density at radius 1 is 1.43 bits per heavy atom. The fourth-order valence-corrected chi connectivity index (χ4v) is 4.19. The van der Waals surface area contributed by atoms with Gasteiger partial charge in [0.05, 0.1) is 10.6 Å². The molecule has 21 heavy (non-hydrogen) atoms. The van der Waals surface area contributed by atoms with Gasteiger partial charge in [-0.2, -0.15) is 0 Å². The van der Waals surface area contributed by atoms with Gasteiger partial charge >= 0.3 is 0 Å². The minimum atomic E-state index is -3.78. The Kier molecular flexibility index (Phi) is 4.71. The maximum Gasteiger partial charge on any atom is 0.261 e.